The highest BCUT2D eigenvalue weighted by Crippen LogP contribution is 2.32. The molecule has 0 aliphatic carbocycles. The van der Waals surface area contributed by atoms with E-state index in [-0.39, 0.29) is 18.5 Å². The molecule has 7 heteroatoms. The van der Waals surface area contributed by atoms with Gasteiger partial charge in [-0.3, -0.25) is 4.79 Å². The second-order valence-electron chi connectivity index (χ2n) is 6.16. The van der Waals surface area contributed by atoms with E-state index < -0.39 is 0 Å². The Bertz CT molecular complexity index is 770. The summed E-state index contributed by atoms with van der Waals surface area (Å²) in [6, 6.07) is 13.6. The second-order valence-corrected chi connectivity index (χ2v) is 7.76. The molecule has 1 aliphatic heterocycles. The topological polar surface area (TPSA) is 59.6 Å². The highest BCUT2D eigenvalue weighted by atomic mass is 35.5. The van der Waals surface area contributed by atoms with Crippen LogP contribution in [0.15, 0.2) is 47.4 Å². The van der Waals surface area contributed by atoms with Crippen molar-refractivity contribution in [1.82, 2.24) is 10.6 Å². The first-order valence-electron chi connectivity index (χ1n) is 8.90. The van der Waals surface area contributed by atoms with Gasteiger partial charge in [0.15, 0.2) is 11.5 Å². The fraction of sp³-hybridized carbons (Fsp3) is 0.350. The maximum atomic E-state index is 12.0. The second kappa shape index (κ2) is 9.88. The van der Waals surface area contributed by atoms with Crippen LogP contribution in [0, 0.1) is 0 Å². The number of rotatable bonds is 8. The van der Waals surface area contributed by atoms with Crippen molar-refractivity contribution in [2.24, 2.45) is 0 Å². The van der Waals surface area contributed by atoms with E-state index in [1.54, 1.807) is 11.8 Å². The van der Waals surface area contributed by atoms with E-state index in [0.717, 1.165) is 32.7 Å². The minimum Gasteiger partial charge on any atom is -0.486 e. The van der Waals surface area contributed by atoms with Gasteiger partial charge in [0.2, 0.25) is 5.91 Å². The number of hydrogen-bond donors (Lipinski definition) is 2. The van der Waals surface area contributed by atoms with Crippen LogP contribution in [0.25, 0.3) is 0 Å². The Morgan fingerprint density at radius 1 is 1.15 bits per heavy atom. The molecule has 1 aliphatic rings. The van der Waals surface area contributed by atoms with Crippen LogP contribution in [0.3, 0.4) is 0 Å². The van der Waals surface area contributed by atoms with Gasteiger partial charge < -0.3 is 20.1 Å². The molecule has 27 heavy (non-hydrogen) atoms. The standard InChI is InChI=1S/C20H23ClN2O3S/c1-14(15-2-7-18-19(12-15)26-10-9-25-18)23-13-20(24)22-8-11-27-17-5-3-16(21)4-6-17/h2-7,12,14,23H,8-11,13H2,1H3,(H,22,24). The third-order valence-corrected chi connectivity index (χ3v) is 5.41. The number of benzene rings is 2. The predicted octanol–water partition coefficient (Wildman–Crippen LogP) is 3.67. The Hall–Kier alpha value is -1.89. The van der Waals surface area contributed by atoms with Gasteiger partial charge in [-0.1, -0.05) is 17.7 Å². The summed E-state index contributed by atoms with van der Waals surface area (Å²) < 4.78 is 11.1. The molecule has 0 bridgehead atoms. The summed E-state index contributed by atoms with van der Waals surface area (Å²) in [6.07, 6.45) is 0. The summed E-state index contributed by atoms with van der Waals surface area (Å²) in [6.45, 7) is 4.05. The fourth-order valence-electron chi connectivity index (χ4n) is 2.65. The van der Waals surface area contributed by atoms with Crippen molar-refractivity contribution in [2.75, 3.05) is 32.1 Å². The smallest absolute Gasteiger partial charge is 0.234 e. The van der Waals surface area contributed by atoms with Crippen LogP contribution in [0.2, 0.25) is 5.02 Å². The molecule has 0 aromatic heterocycles. The number of fused-ring (bicyclic) bond motifs is 1. The highest BCUT2D eigenvalue weighted by Gasteiger charge is 2.14. The minimum atomic E-state index is -0.0175. The van der Waals surface area contributed by atoms with E-state index in [2.05, 4.69) is 10.6 Å². The molecule has 1 atom stereocenters. The number of nitrogens with one attached hydrogen (secondary N) is 2. The number of thioether (sulfide) groups is 1. The lowest BCUT2D eigenvalue weighted by atomic mass is 10.1. The van der Waals surface area contributed by atoms with Gasteiger partial charge in [0.1, 0.15) is 13.2 Å². The van der Waals surface area contributed by atoms with Gasteiger partial charge in [0.25, 0.3) is 0 Å². The lowest BCUT2D eigenvalue weighted by Gasteiger charge is -2.21. The minimum absolute atomic E-state index is 0.0175. The predicted molar refractivity (Wildman–Crippen MR) is 109 cm³/mol. The monoisotopic (exact) mass is 406 g/mol. The molecule has 2 N–H and O–H groups in total. The van der Waals surface area contributed by atoms with Gasteiger partial charge in [-0.2, -0.15) is 0 Å². The number of halogens is 1. The number of ether oxygens (including phenoxy) is 2. The quantitative estimate of drug-likeness (QED) is 0.517. The fourth-order valence-corrected chi connectivity index (χ4v) is 3.54. The lowest BCUT2D eigenvalue weighted by molar-refractivity contribution is -0.120. The van der Waals surface area contributed by atoms with Crippen LogP contribution in [-0.2, 0) is 4.79 Å². The van der Waals surface area contributed by atoms with Gasteiger partial charge in [0, 0.05) is 28.3 Å². The Morgan fingerprint density at radius 3 is 2.67 bits per heavy atom. The molecule has 2 aromatic rings. The molecule has 1 amide bonds. The Balaban J connectivity index is 1.36. The molecule has 0 spiro atoms. The van der Waals surface area contributed by atoms with E-state index in [1.165, 1.54) is 0 Å². The number of carbonyl (C=O) groups excluding carboxylic acids is 1. The van der Waals surface area contributed by atoms with Gasteiger partial charge in [0.05, 0.1) is 6.54 Å². The zero-order valence-electron chi connectivity index (χ0n) is 15.2. The highest BCUT2D eigenvalue weighted by molar-refractivity contribution is 7.99. The average Bonchev–Trinajstić information content (AvgIpc) is 2.70. The summed E-state index contributed by atoms with van der Waals surface area (Å²) in [5, 5.41) is 6.90. The van der Waals surface area contributed by atoms with Gasteiger partial charge >= 0.3 is 0 Å². The van der Waals surface area contributed by atoms with E-state index in [0.29, 0.717) is 19.8 Å². The average molecular weight is 407 g/mol. The van der Waals surface area contributed by atoms with Gasteiger partial charge in [-0.05, 0) is 48.9 Å². The van der Waals surface area contributed by atoms with Gasteiger partial charge in [-0.25, -0.2) is 0 Å². The first-order chi connectivity index (χ1) is 13.1. The first kappa shape index (κ1) is 19.9. The van der Waals surface area contributed by atoms with E-state index in [1.807, 2.05) is 49.4 Å². The van der Waals surface area contributed by atoms with Crippen molar-refractivity contribution < 1.29 is 14.3 Å². The molecule has 0 saturated heterocycles. The third-order valence-electron chi connectivity index (χ3n) is 4.14. The van der Waals surface area contributed by atoms with Crippen LogP contribution >= 0.6 is 23.4 Å². The molecular weight excluding hydrogens is 384 g/mol. The summed E-state index contributed by atoms with van der Waals surface area (Å²) in [4.78, 5) is 13.2. The van der Waals surface area contributed by atoms with Crippen LogP contribution in [-0.4, -0.2) is 38.0 Å². The zero-order valence-corrected chi connectivity index (χ0v) is 16.7. The lowest BCUT2D eigenvalue weighted by Crippen LogP contribution is -2.36. The Kier molecular flexibility index (Phi) is 7.26. The maximum absolute atomic E-state index is 12.0. The van der Waals surface area contributed by atoms with Gasteiger partial charge in [-0.15, -0.1) is 11.8 Å². The van der Waals surface area contributed by atoms with E-state index >= 15 is 0 Å². The maximum Gasteiger partial charge on any atom is 0.234 e. The van der Waals surface area contributed by atoms with Crippen molar-refractivity contribution in [2.45, 2.75) is 17.9 Å². The molecule has 0 fully saturated rings. The third kappa shape index (κ3) is 6.06. The molecule has 144 valence electrons. The molecule has 0 saturated carbocycles. The summed E-state index contributed by atoms with van der Waals surface area (Å²) in [5.74, 6) is 2.32. The number of hydrogen-bond acceptors (Lipinski definition) is 5. The van der Waals surface area contributed by atoms with Crippen molar-refractivity contribution in [3.63, 3.8) is 0 Å². The first-order valence-corrected chi connectivity index (χ1v) is 10.3. The number of amides is 1. The summed E-state index contributed by atoms with van der Waals surface area (Å²) in [7, 11) is 0. The van der Waals surface area contributed by atoms with E-state index in [4.69, 9.17) is 21.1 Å². The molecule has 0 radical (unpaired) electrons. The zero-order chi connectivity index (χ0) is 19.1. The molecule has 3 rings (SSSR count). The van der Waals surface area contributed by atoms with E-state index in [9.17, 15) is 4.79 Å². The summed E-state index contributed by atoms with van der Waals surface area (Å²) >= 11 is 7.55. The molecule has 1 heterocycles. The summed E-state index contributed by atoms with van der Waals surface area (Å²) in [5.41, 5.74) is 1.06. The molecular formula is C20H23ClN2O3S. The van der Waals surface area contributed by atoms with Crippen molar-refractivity contribution in [1.29, 1.82) is 0 Å². The molecule has 1 unspecified atom stereocenters. The van der Waals surface area contributed by atoms with Crippen molar-refractivity contribution in [3.8, 4) is 11.5 Å². The Morgan fingerprint density at radius 2 is 1.89 bits per heavy atom. The van der Waals surface area contributed by atoms with Crippen LogP contribution < -0.4 is 20.1 Å². The molecule has 2 aromatic carbocycles. The van der Waals surface area contributed by atoms with Crippen molar-refractivity contribution >= 4 is 29.3 Å². The van der Waals surface area contributed by atoms with Crippen LogP contribution in [0.5, 0.6) is 11.5 Å². The normalized spacial score (nSPS) is 13.9. The number of carbonyl (C=O) groups is 1. The van der Waals surface area contributed by atoms with Crippen molar-refractivity contribution in [3.05, 3.63) is 53.1 Å². The van der Waals surface area contributed by atoms with Crippen LogP contribution in [0.4, 0.5) is 0 Å². The van der Waals surface area contributed by atoms with Crippen LogP contribution in [0.1, 0.15) is 18.5 Å². The Labute approximate surface area is 168 Å². The molecule has 5 nitrogen and oxygen atoms in total. The SMILES string of the molecule is CC(NCC(=O)NCCSc1ccc(Cl)cc1)c1ccc2c(c1)OCCO2. The largest absolute Gasteiger partial charge is 0.486 e.